The highest BCUT2D eigenvalue weighted by Gasteiger charge is 2.36. The Balaban J connectivity index is 0.00000230. The molecule has 2 aromatic heterocycles. The van der Waals surface area contributed by atoms with Crippen LogP contribution in [0.1, 0.15) is 31.2 Å². The summed E-state index contributed by atoms with van der Waals surface area (Å²) in [5.41, 5.74) is 2.56. The molecule has 3 aliphatic heterocycles. The molecule has 45 heavy (non-hydrogen) atoms. The summed E-state index contributed by atoms with van der Waals surface area (Å²) in [4.78, 5) is 32.7. The molecule has 6 rings (SSSR count). The van der Waals surface area contributed by atoms with Crippen molar-refractivity contribution in [2.45, 2.75) is 44.4 Å². The number of amides is 1. The van der Waals surface area contributed by atoms with Crippen molar-refractivity contribution in [1.82, 2.24) is 30.1 Å². The summed E-state index contributed by atoms with van der Waals surface area (Å²) in [6.07, 6.45) is 6.45. The smallest absolute Gasteiger partial charge is 0.225 e. The van der Waals surface area contributed by atoms with E-state index in [0.29, 0.717) is 51.7 Å². The highest BCUT2D eigenvalue weighted by Crippen LogP contribution is 2.31. The summed E-state index contributed by atoms with van der Waals surface area (Å²) in [7, 11) is 1.69. The van der Waals surface area contributed by atoms with Crippen molar-refractivity contribution in [1.29, 1.82) is 0 Å². The fraction of sp³-hybridized carbons (Fsp3) is 0.484. The van der Waals surface area contributed by atoms with E-state index in [-0.39, 0.29) is 36.8 Å². The standard InChI is InChI=1S/C31H37Cl2N7O3.2ClH/c1-34-29(42)9-20-2-4-38(5-3-20)17-21-8-28(22-11-23(32)13-24(33)12-22)37-30(10-21)43-27-15-35-31(36-16-27)40-7-6-39-19-26(41)14-25(39)18-40;;/h8,10-13,15-16,20,25-26,41H,2-7,9,14,17-19H2,1H3,(H,34,42);2*1H/t25-,26+;;/m1../s1. The average molecular weight is 700 g/mol. The first kappa shape index (κ1) is 35.4. The van der Waals surface area contributed by atoms with Gasteiger partial charge >= 0.3 is 0 Å². The molecular weight excluding hydrogens is 660 g/mol. The minimum atomic E-state index is -0.251. The molecule has 0 unspecified atom stereocenters. The van der Waals surface area contributed by atoms with Gasteiger partial charge in [-0.15, -0.1) is 24.8 Å². The number of ether oxygens (including phenoxy) is 1. The monoisotopic (exact) mass is 697 g/mol. The number of likely N-dealkylation sites (tertiary alicyclic amines) is 1. The van der Waals surface area contributed by atoms with E-state index in [1.165, 1.54) is 0 Å². The number of carbonyl (C=O) groups excluding carboxylic acids is 1. The lowest BCUT2D eigenvalue weighted by Gasteiger charge is -2.37. The van der Waals surface area contributed by atoms with Crippen molar-refractivity contribution in [3.63, 3.8) is 0 Å². The number of aliphatic hydroxyl groups is 1. The number of rotatable bonds is 8. The van der Waals surface area contributed by atoms with E-state index in [1.54, 1.807) is 25.5 Å². The number of piperazine rings is 1. The molecule has 0 saturated carbocycles. The third kappa shape index (κ3) is 9.10. The third-order valence-corrected chi connectivity index (χ3v) is 9.04. The number of aromatic nitrogens is 3. The molecule has 3 aliphatic rings. The molecule has 3 saturated heterocycles. The molecule has 0 aliphatic carbocycles. The second-order valence-electron chi connectivity index (χ2n) is 11.8. The van der Waals surface area contributed by atoms with Crippen LogP contribution in [-0.4, -0.2) is 94.2 Å². The van der Waals surface area contributed by atoms with Gasteiger partial charge in [0.2, 0.25) is 17.7 Å². The zero-order valence-corrected chi connectivity index (χ0v) is 28.2. The van der Waals surface area contributed by atoms with E-state index < -0.39 is 0 Å². The summed E-state index contributed by atoms with van der Waals surface area (Å²) in [5, 5.41) is 13.8. The number of fused-ring (bicyclic) bond motifs is 1. The predicted octanol–water partition coefficient (Wildman–Crippen LogP) is 5.08. The Hall–Kier alpha value is -2.44. The number of hydrogen-bond donors (Lipinski definition) is 2. The molecule has 2 N–H and O–H groups in total. The van der Waals surface area contributed by atoms with Crippen molar-refractivity contribution in [2.75, 3.05) is 51.2 Å². The molecule has 5 heterocycles. The minimum absolute atomic E-state index is 0. The van der Waals surface area contributed by atoms with E-state index in [0.717, 1.165) is 76.2 Å². The van der Waals surface area contributed by atoms with Crippen molar-refractivity contribution in [3.05, 3.63) is 58.3 Å². The number of halogens is 4. The van der Waals surface area contributed by atoms with Crippen molar-refractivity contribution in [2.24, 2.45) is 5.92 Å². The van der Waals surface area contributed by atoms with Gasteiger partial charge in [-0.2, -0.15) is 0 Å². The SMILES string of the molecule is CNC(=O)CC1CCN(Cc2cc(Oc3cnc(N4CCN5C[C@@H](O)C[C@@H]5C4)nc3)nc(-c3cc(Cl)cc(Cl)c3)c2)CC1.Cl.Cl. The average Bonchev–Trinajstić information content (AvgIpc) is 3.37. The van der Waals surface area contributed by atoms with Crippen LogP contribution < -0.4 is 15.0 Å². The van der Waals surface area contributed by atoms with E-state index in [4.69, 9.17) is 32.9 Å². The molecule has 10 nitrogen and oxygen atoms in total. The van der Waals surface area contributed by atoms with Crippen LogP contribution in [-0.2, 0) is 11.3 Å². The lowest BCUT2D eigenvalue weighted by molar-refractivity contribution is -0.121. The van der Waals surface area contributed by atoms with Gasteiger partial charge in [-0.1, -0.05) is 23.2 Å². The van der Waals surface area contributed by atoms with Gasteiger partial charge in [0.25, 0.3) is 0 Å². The first-order chi connectivity index (χ1) is 20.8. The highest BCUT2D eigenvalue weighted by atomic mass is 35.5. The van der Waals surface area contributed by atoms with Gasteiger partial charge in [-0.3, -0.25) is 14.6 Å². The van der Waals surface area contributed by atoms with Crippen LogP contribution >= 0.6 is 48.0 Å². The minimum Gasteiger partial charge on any atom is -0.436 e. The number of piperidine rings is 1. The first-order valence-electron chi connectivity index (χ1n) is 14.9. The van der Waals surface area contributed by atoms with Crippen LogP contribution in [0.5, 0.6) is 11.6 Å². The maximum Gasteiger partial charge on any atom is 0.225 e. The van der Waals surface area contributed by atoms with Gasteiger partial charge in [-0.25, -0.2) is 15.0 Å². The molecule has 14 heteroatoms. The lowest BCUT2D eigenvalue weighted by atomic mass is 9.93. The van der Waals surface area contributed by atoms with Crippen molar-refractivity contribution in [3.8, 4) is 22.9 Å². The Morgan fingerprint density at radius 3 is 2.40 bits per heavy atom. The summed E-state index contributed by atoms with van der Waals surface area (Å²) >= 11 is 12.7. The summed E-state index contributed by atoms with van der Waals surface area (Å²) in [6, 6.07) is 9.71. The number of anilines is 1. The Morgan fingerprint density at radius 2 is 1.71 bits per heavy atom. The number of carbonyl (C=O) groups is 1. The third-order valence-electron chi connectivity index (χ3n) is 8.60. The van der Waals surface area contributed by atoms with Crippen LogP contribution in [0, 0.1) is 5.92 Å². The maximum absolute atomic E-state index is 11.8. The molecule has 2 atom stereocenters. The van der Waals surface area contributed by atoms with Gasteiger partial charge < -0.3 is 20.1 Å². The number of benzene rings is 1. The zero-order valence-electron chi connectivity index (χ0n) is 25.1. The van der Waals surface area contributed by atoms with Crippen LogP contribution in [0.4, 0.5) is 5.95 Å². The molecule has 1 amide bonds. The molecule has 0 radical (unpaired) electrons. The Labute approximate surface area is 286 Å². The largest absolute Gasteiger partial charge is 0.436 e. The second kappa shape index (κ2) is 15.9. The van der Waals surface area contributed by atoms with Gasteiger partial charge in [0.15, 0.2) is 5.75 Å². The molecular formula is C31H39Cl4N7O3. The first-order valence-corrected chi connectivity index (χ1v) is 15.6. The fourth-order valence-corrected chi connectivity index (χ4v) is 6.89. The number of aliphatic hydroxyl groups excluding tert-OH is 1. The summed E-state index contributed by atoms with van der Waals surface area (Å²) in [6.45, 7) is 5.82. The van der Waals surface area contributed by atoms with Crippen LogP contribution in [0.2, 0.25) is 10.0 Å². The van der Waals surface area contributed by atoms with Gasteiger partial charge in [0, 0.05) is 73.9 Å². The van der Waals surface area contributed by atoms with E-state index in [9.17, 15) is 9.90 Å². The molecule has 3 aromatic rings. The molecule has 3 fully saturated rings. The maximum atomic E-state index is 11.8. The highest BCUT2D eigenvalue weighted by molar-refractivity contribution is 6.35. The molecule has 0 bridgehead atoms. The van der Waals surface area contributed by atoms with E-state index in [2.05, 4.69) is 30.0 Å². The Kier molecular flexibility index (Phi) is 12.5. The van der Waals surface area contributed by atoms with Crippen LogP contribution in [0.15, 0.2) is 42.7 Å². The summed E-state index contributed by atoms with van der Waals surface area (Å²) in [5.74, 6) is 2.10. The molecule has 0 spiro atoms. The van der Waals surface area contributed by atoms with Gasteiger partial charge in [0.1, 0.15) is 0 Å². The Morgan fingerprint density at radius 1 is 1.00 bits per heavy atom. The zero-order chi connectivity index (χ0) is 29.9. The fourth-order valence-electron chi connectivity index (χ4n) is 6.37. The lowest BCUT2D eigenvalue weighted by Crippen LogP contribution is -2.50. The van der Waals surface area contributed by atoms with E-state index >= 15 is 0 Å². The van der Waals surface area contributed by atoms with Crippen LogP contribution in [0.25, 0.3) is 11.3 Å². The molecule has 244 valence electrons. The van der Waals surface area contributed by atoms with Gasteiger partial charge in [0.05, 0.1) is 24.2 Å². The van der Waals surface area contributed by atoms with Crippen molar-refractivity contribution >= 4 is 59.9 Å². The predicted molar refractivity (Wildman–Crippen MR) is 181 cm³/mol. The van der Waals surface area contributed by atoms with Crippen LogP contribution in [0.3, 0.4) is 0 Å². The Bertz CT molecular complexity index is 1420. The van der Waals surface area contributed by atoms with Gasteiger partial charge in [-0.05, 0) is 68.1 Å². The topological polar surface area (TPSA) is 107 Å². The molecule has 1 aromatic carbocycles. The number of pyridine rings is 1. The van der Waals surface area contributed by atoms with E-state index in [1.807, 2.05) is 24.3 Å². The normalized spacial score (nSPS) is 20.6. The number of nitrogens with zero attached hydrogens (tertiary/aromatic N) is 6. The van der Waals surface area contributed by atoms with Crippen molar-refractivity contribution < 1.29 is 14.6 Å². The second-order valence-corrected chi connectivity index (χ2v) is 12.6. The quantitative estimate of drug-likeness (QED) is 0.333. The number of nitrogens with one attached hydrogen (secondary N) is 1. The summed E-state index contributed by atoms with van der Waals surface area (Å²) < 4.78 is 6.20. The number of hydrogen-bond acceptors (Lipinski definition) is 9.